The van der Waals surface area contributed by atoms with Gasteiger partial charge in [-0.2, -0.15) is 4.31 Å². The maximum Gasteiger partial charge on any atom is 0.246 e. The maximum atomic E-state index is 13.6. The van der Waals surface area contributed by atoms with E-state index in [-0.39, 0.29) is 23.7 Å². The third kappa shape index (κ3) is 2.41. The van der Waals surface area contributed by atoms with Gasteiger partial charge in [0.25, 0.3) is 0 Å². The summed E-state index contributed by atoms with van der Waals surface area (Å²) in [4.78, 5) is -0.339. The van der Waals surface area contributed by atoms with Gasteiger partial charge in [-0.1, -0.05) is 0 Å². The number of hydrogen-bond donors (Lipinski definition) is 1. The van der Waals surface area contributed by atoms with Crippen molar-refractivity contribution in [3.63, 3.8) is 0 Å². The van der Waals surface area contributed by atoms with Crippen LogP contribution in [0, 0.1) is 5.82 Å². The minimum absolute atomic E-state index is 0.198. The van der Waals surface area contributed by atoms with Crippen LogP contribution in [0.3, 0.4) is 0 Å². The largest absolute Gasteiger partial charge is 0.399 e. The van der Waals surface area contributed by atoms with Crippen LogP contribution in [0.15, 0.2) is 23.1 Å². The molecular formula is C10H13FN2O3S. The SMILES string of the molecule is Nc1ccc(S(=O)(=O)N2CCOCC2)c(F)c1. The molecule has 0 radical (unpaired) electrons. The van der Waals surface area contributed by atoms with Crippen molar-refractivity contribution in [3.05, 3.63) is 24.0 Å². The normalized spacial score (nSPS) is 18.2. The molecule has 1 saturated heterocycles. The minimum atomic E-state index is -3.79. The molecule has 1 aliphatic heterocycles. The Kier molecular flexibility index (Phi) is 3.32. The predicted octanol–water partition coefficient (Wildman–Crippen LogP) is 0.429. The summed E-state index contributed by atoms with van der Waals surface area (Å²) in [5.74, 6) is -0.823. The molecule has 17 heavy (non-hydrogen) atoms. The summed E-state index contributed by atoms with van der Waals surface area (Å²) in [6.07, 6.45) is 0. The first-order valence-electron chi connectivity index (χ1n) is 5.15. The van der Waals surface area contributed by atoms with Crippen molar-refractivity contribution in [1.82, 2.24) is 4.31 Å². The average molecular weight is 260 g/mol. The Labute approximate surface area is 99.0 Å². The molecule has 1 aromatic rings. The van der Waals surface area contributed by atoms with Crippen LogP contribution in [0.4, 0.5) is 10.1 Å². The Morgan fingerprint density at radius 2 is 1.94 bits per heavy atom. The van der Waals surface area contributed by atoms with Gasteiger partial charge in [-0.3, -0.25) is 0 Å². The van der Waals surface area contributed by atoms with E-state index in [1.54, 1.807) is 0 Å². The zero-order chi connectivity index (χ0) is 12.5. The number of halogens is 1. The van der Waals surface area contributed by atoms with Crippen molar-refractivity contribution in [1.29, 1.82) is 0 Å². The van der Waals surface area contributed by atoms with Gasteiger partial charge < -0.3 is 10.5 Å². The van der Waals surface area contributed by atoms with E-state index in [0.717, 1.165) is 6.07 Å². The molecule has 0 atom stereocenters. The summed E-state index contributed by atoms with van der Waals surface area (Å²) in [6, 6.07) is 3.57. The van der Waals surface area contributed by atoms with Crippen LogP contribution in [0.1, 0.15) is 0 Å². The van der Waals surface area contributed by atoms with Crippen molar-refractivity contribution in [3.8, 4) is 0 Å². The molecule has 0 amide bonds. The van der Waals surface area contributed by atoms with E-state index in [4.69, 9.17) is 10.5 Å². The number of nitrogens with zero attached hydrogens (tertiary/aromatic N) is 1. The second-order valence-corrected chi connectivity index (χ2v) is 5.61. The molecular weight excluding hydrogens is 247 g/mol. The highest BCUT2D eigenvalue weighted by atomic mass is 32.2. The summed E-state index contributed by atoms with van der Waals surface area (Å²) < 4.78 is 44.1. The second-order valence-electron chi connectivity index (χ2n) is 3.71. The van der Waals surface area contributed by atoms with Gasteiger partial charge in [-0.15, -0.1) is 0 Å². The van der Waals surface area contributed by atoms with Crippen LogP contribution < -0.4 is 5.73 Å². The van der Waals surface area contributed by atoms with E-state index < -0.39 is 15.8 Å². The van der Waals surface area contributed by atoms with Gasteiger partial charge in [0.1, 0.15) is 10.7 Å². The van der Waals surface area contributed by atoms with Gasteiger partial charge in [-0.25, -0.2) is 12.8 Å². The molecule has 0 bridgehead atoms. The van der Waals surface area contributed by atoms with Gasteiger partial charge in [0.2, 0.25) is 10.0 Å². The molecule has 1 aromatic carbocycles. The number of anilines is 1. The summed E-state index contributed by atoms with van der Waals surface area (Å²) in [5, 5.41) is 0. The van der Waals surface area contributed by atoms with Crippen molar-refractivity contribution in [2.45, 2.75) is 4.90 Å². The predicted molar refractivity (Wildman–Crippen MR) is 60.4 cm³/mol. The molecule has 0 spiro atoms. The molecule has 5 nitrogen and oxygen atoms in total. The number of nitrogen functional groups attached to an aromatic ring is 1. The Balaban J connectivity index is 2.37. The molecule has 94 valence electrons. The number of sulfonamides is 1. The Morgan fingerprint density at radius 3 is 2.53 bits per heavy atom. The van der Waals surface area contributed by atoms with Gasteiger partial charge in [-0.05, 0) is 18.2 Å². The first-order chi connectivity index (χ1) is 8.01. The van der Waals surface area contributed by atoms with Crippen molar-refractivity contribution < 1.29 is 17.5 Å². The smallest absolute Gasteiger partial charge is 0.246 e. The molecule has 1 fully saturated rings. The van der Waals surface area contributed by atoms with Crippen LogP contribution in [0.2, 0.25) is 0 Å². The molecule has 0 unspecified atom stereocenters. The lowest BCUT2D eigenvalue weighted by molar-refractivity contribution is 0.0729. The third-order valence-electron chi connectivity index (χ3n) is 2.54. The lowest BCUT2D eigenvalue weighted by atomic mass is 10.3. The maximum absolute atomic E-state index is 13.6. The van der Waals surface area contributed by atoms with Crippen LogP contribution in [0.25, 0.3) is 0 Å². The molecule has 1 heterocycles. The summed E-state index contributed by atoms with van der Waals surface area (Å²) in [5.41, 5.74) is 5.58. The van der Waals surface area contributed by atoms with Gasteiger partial charge in [0.15, 0.2) is 0 Å². The van der Waals surface area contributed by atoms with E-state index in [9.17, 15) is 12.8 Å². The topological polar surface area (TPSA) is 72.6 Å². The van der Waals surface area contributed by atoms with E-state index >= 15 is 0 Å². The fourth-order valence-electron chi connectivity index (χ4n) is 1.65. The highest BCUT2D eigenvalue weighted by molar-refractivity contribution is 7.89. The van der Waals surface area contributed by atoms with Crippen molar-refractivity contribution in [2.75, 3.05) is 32.0 Å². The number of hydrogen-bond acceptors (Lipinski definition) is 4. The lowest BCUT2D eigenvalue weighted by Crippen LogP contribution is -2.40. The van der Waals surface area contributed by atoms with Gasteiger partial charge in [0, 0.05) is 18.8 Å². The monoisotopic (exact) mass is 260 g/mol. The number of benzene rings is 1. The third-order valence-corrected chi connectivity index (χ3v) is 4.48. The molecule has 0 aliphatic carbocycles. The molecule has 2 N–H and O–H groups in total. The van der Waals surface area contributed by atoms with E-state index in [2.05, 4.69) is 0 Å². The number of ether oxygens (including phenoxy) is 1. The number of rotatable bonds is 2. The molecule has 0 saturated carbocycles. The molecule has 2 rings (SSSR count). The van der Waals surface area contributed by atoms with Gasteiger partial charge >= 0.3 is 0 Å². The Bertz CT molecular complexity index is 512. The van der Waals surface area contributed by atoms with E-state index in [1.807, 2.05) is 0 Å². The zero-order valence-corrected chi connectivity index (χ0v) is 9.91. The first kappa shape index (κ1) is 12.3. The first-order valence-corrected chi connectivity index (χ1v) is 6.59. The van der Waals surface area contributed by atoms with Crippen molar-refractivity contribution in [2.24, 2.45) is 0 Å². The zero-order valence-electron chi connectivity index (χ0n) is 9.10. The standard InChI is InChI=1S/C10H13FN2O3S/c11-9-7-8(12)1-2-10(9)17(14,15)13-3-5-16-6-4-13/h1-2,7H,3-6,12H2. The summed E-state index contributed by atoms with van der Waals surface area (Å²) in [7, 11) is -3.79. The Hall–Kier alpha value is -1.18. The Morgan fingerprint density at radius 1 is 1.29 bits per heavy atom. The lowest BCUT2D eigenvalue weighted by Gasteiger charge is -2.26. The fourth-order valence-corrected chi connectivity index (χ4v) is 3.11. The van der Waals surface area contributed by atoms with Crippen LogP contribution in [-0.2, 0) is 14.8 Å². The average Bonchev–Trinajstić information content (AvgIpc) is 2.29. The fraction of sp³-hybridized carbons (Fsp3) is 0.400. The van der Waals surface area contributed by atoms with E-state index in [1.165, 1.54) is 16.4 Å². The van der Waals surface area contributed by atoms with Crippen LogP contribution >= 0.6 is 0 Å². The number of nitrogens with two attached hydrogens (primary N) is 1. The highest BCUT2D eigenvalue weighted by Crippen LogP contribution is 2.21. The summed E-state index contributed by atoms with van der Waals surface area (Å²) >= 11 is 0. The van der Waals surface area contributed by atoms with Crippen LogP contribution in [0.5, 0.6) is 0 Å². The second kappa shape index (κ2) is 4.59. The molecule has 1 aliphatic rings. The molecule has 0 aromatic heterocycles. The van der Waals surface area contributed by atoms with Crippen molar-refractivity contribution >= 4 is 15.7 Å². The van der Waals surface area contributed by atoms with E-state index in [0.29, 0.717) is 13.2 Å². The van der Waals surface area contributed by atoms with Crippen LogP contribution in [-0.4, -0.2) is 39.0 Å². The van der Waals surface area contributed by atoms with Gasteiger partial charge in [0.05, 0.1) is 13.2 Å². The molecule has 7 heteroatoms. The minimum Gasteiger partial charge on any atom is -0.399 e. The highest BCUT2D eigenvalue weighted by Gasteiger charge is 2.28. The summed E-state index contributed by atoms with van der Waals surface area (Å²) in [6.45, 7) is 1.14. The number of morpholine rings is 1. The quantitative estimate of drug-likeness (QED) is 0.783.